The van der Waals surface area contributed by atoms with Gasteiger partial charge in [0.15, 0.2) is 0 Å². The standard InChI is InChI=1S/C33H55N3O5S/c1-7-8-9-10-11-15-22-36(31(39)27(21-23-42-6)35-32(40)41-33(3,4)5)28(26-20-16-17-24(2)29(26)37)30(38)34-25-18-13-12-14-19-25/h16-17,20,25,27-28,37H,7-15,18-19,21-23H2,1-6H3,(H,34,38)(H,35,40). The van der Waals surface area contributed by atoms with Gasteiger partial charge in [-0.1, -0.05) is 76.5 Å². The van der Waals surface area contributed by atoms with Gasteiger partial charge in [0, 0.05) is 18.2 Å². The van der Waals surface area contributed by atoms with Crippen molar-refractivity contribution >= 4 is 29.7 Å². The van der Waals surface area contributed by atoms with Gasteiger partial charge in [0.25, 0.3) is 0 Å². The first kappa shape index (κ1) is 35.8. The number of benzene rings is 1. The van der Waals surface area contributed by atoms with Gasteiger partial charge < -0.3 is 25.4 Å². The van der Waals surface area contributed by atoms with E-state index in [9.17, 15) is 19.5 Å². The monoisotopic (exact) mass is 605 g/mol. The van der Waals surface area contributed by atoms with Crippen molar-refractivity contribution < 1.29 is 24.2 Å². The number of nitrogens with one attached hydrogen (secondary N) is 2. The van der Waals surface area contributed by atoms with Crippen molar-refractivity contribution in [3.8, 4) is 5.75 Å². The number of amides is 3. The van der Waals surface area contributed by atoms with Crippen LogP contribution in [-0.2, 0) is 14.3 Å². The van der Waals surface area contributed by atoms with Crippen LogP contribution in [0.2, 0.25) is 0 Å². The topological polar surface area (TPSA) is 108 Å². The quantitative estimate of drug-likeness (QED) is 0.175. The first-order valence-corrected chi connectivity index (χ1v) is 17.3. The average molecular weight is 606 g/mol. The van der Waals surface area contributed by atoms with Crippen LogP contribution < -0.4 is 10.6 Å². The number of nitrogens with zero attached hydrogens (tertiary/aromatic N) is 1. The van der Waals surface area contributed by atoms with E-state index in [1.165, 1.54) is 6.42 Å². The van der Waals surface area contributed by atoms with E-state index in [1.54, 1.807) is 56.5 Å². The summed E-state index contributed by atoms with van der Waals surface area (Å²) in [5.41, 5.74) is 0.328. The number of phenols is 1. The van der Waals surface area contributed by atoms with Crippen LogP contribution >= 0.6 is 11.8 Å². The molecule has 0 spiro atoms. The molecule has 1 saturated carbocycles. The molecule has 0 aromatic heterocycles. The van der Waals surface area contributed by atoms with Gasteiger partial charge in [-0.3, -0.25) is 9.59 Å². The molecule has 0 saturated heterocycles. The van der Waals surface area contributed by atoms with E-state index < -0.39 is 23.8 Å². The highest BCUT2D eigenvalue weighted by molar-refractivity contribution is 7.98. The first-order valence-electron chi connectivity index (χ1n) is 15.9. The third kappa shape index (κ3) is 12.1. The van der Waals surface area contributed by atoms with Crippen molar-refractivity contribution in [2.24, 2.45) is 0 Å². The van der Waals surface area contributed by atoms with Crippen LogP contribution in [-0.4, -0.2) is 64.2 Å². The lowest BCUT2D eigenvalue weighted by Crippen LogP contribution is -2.54. The Labute approximate surface area is 258 Å². The molecule has 2 rings (SSSR count). The summed E-state index contributed by atoms with van der Waals surface area (Å²) in [5, 5.41) is 17.2. The van der Waals surface area contributed by atoms with Crippen LogP contribution in [0.15, 0.2) is 18.2 Å². The smallest absolute Gasteiger partial charge is 0.408 e. The first-order chi connectivity index (χ1) is 20.0. The summed E-state index contributed by atoms with van der Waals surface area (Å²) >= 11 is 1.58. The van der Waals surface area contributed by atoms with Crippen molar-refractivity contribution in [1.82, 2.24) is 15.5 Å². The van der Waals surface area contributed by atoms with Crippen molar-refractivity contribution in [2.75, 3.05) is 18.6 Å². The molecule has 0 heterocycles. The molecule has 238 valence electrons. The Morgan fingerprint density at radius 1 is 1.07 bits per heavy atom. The summed E-state index contributed by atoms with van der Waals surface area (Å²) in [5.74, 6) is 0.0325. The SMILES string of the molecule is CCCCCCCCN(C(=O)C(CCSC)NC(=O)OC(C)(C)C)C(C(=O)NC1CCCCC1)c1cccc(C)c1O. The molecule has 9 heteroatoms. The lowest BCUT2D eigenvalue weighted by Gasteiger charge is -2.36. The molecule has 1 fully saturated rings. The molecular formula is C33H55N3O5S. The zero-order chi connectivity index (χ0) is 31.1. The number of carbonyl (C=O) groups is 3. The normalized spacial score (nSPS) is 15.5. The van der Waals surface area contributed by atoms with Gasteiger partial charge in [-0.05, 0) is 71.0 Å². The maximum Gasteiger partial charge on any atom is 0.408 e. The van der Waals surface area contributed by atoms with Crippen LogP contribution in [0.3, 0.4) is 0 Å². The van der Waals surface area contributed by atoms with Crippen LogP contribution in [0.4, 0.5) is 4.79 Å². The molecule has 1 aliphatic rings. The highest BCUT2D eigenvalue weighted by Gasteiger charge is 2.38. The molecule has 42 heavy (non-hydrogen) atoms. The van der Waals surface area contributed by atoms with Gasteiger partial charge in [0.2, 0.25) is 11.8 Å². The number of carbonyl (C=O) groups excluding carboxylic acids is 3. The van der Waals surface area contributed by atoms with Crippen LogP contribution in [0.5, 0.6) is 5.75 Å². The van der Waals surface area contributed by atoms with Crippen molar-refractivity contribution in [3.63, 3.8) is 0 Å². The number of para-hydroxylation sites is 1. The molecule has 2 unspecified atom stereocenters. The number of rotatable bonds is 16. The molecule has 3 amide bonds. The highest BCUT2D eigenvalue weighted by atomic mass is 32.2. The summed E-state index contributed by atoms with van der Waals surface area (Å²) in [6.45, 7) is 9.65. The minimum Gasteiger partial charge on any atom is -0.507 e. The molecule has 1 aromatic rings. The number of unbranched alkanes of at least 4 members (excludes halogenated alkanes) is 5. The fourth-order valence-corrected chi connectivity index (χ4v) is 5.92. The molecule has 1 aliphatic carbocycles. The Bertz CT molecular complexity index is 990. The van der Waals surface area contributed by atoms with Crippen LogP contribution in [0.25, 0.3) is 0 Å². The van der Waals surface area contributed by atoms with Gasteiger partial charge >= 0.3 is 6.09 Å². The lowest BCUT2D eigenvalue weighted by atomic mass is 9.94. The predicted molar refractivity (Wildman–Crippen MR) is 172 cm³/mol. The highest BCUT2D eigenvalue weighted by Crippen LogP contribution is 2.33. The van der Waals surface area contributed by atoms with Crippen molar-refractivity contribution in [3.05, 3.63) is 29.3 Å². The fraction of sp³-hybridized carbons (Fsp3) is 0.727. The number of aromatic hydroxyl groups is 1. The van der Waals surface area contributed by atoms with Crippen LogP contribution in [0, 0.1) is 6.92 Å². The minimum atomic E-state index is -1.02. The van der Waals surface area contributed by atoms with Gasteiger partial charge in [0.05, 0.1) is 0 Å². The van der Waals surface area contributed by atoms with E-state index in [4.69, 9.17) is 4.74 Å². The molecule has 0 radical (unpaired) electrons. The van der Waals surface area contributed by atoms with E-state index >= 15 is 0 Å². The zero-order valence-corrected chi connectivity index (χ0v) is 27.6. The number of aryl methyl sites for hydroxylation is 1. The number of hydrogen-bond acceptors (Lipinski definition) is 6. The molecule has 8 nitrogen and oxygen atoms in total. The second kappa shape index (κ2) is 18.3. The second-order valence-corrected chi connectivity index (χ2v) is 13.5. The third-order valence-corrected chi connectivity index (χ3v) is 8.35. The van der Waals surface area contributed by atoms with E-state index in [-0.39, 0.29) is 23.6 Å². The molecule has 3 N–H and O–H groups in total. The summed E-state index contributed by atoms with van der Waals surface area (Å²) in [7, 11) is 0. The Hall–Kier alpha value is -2.42. The third-order valence-electron chi connectivity index (χ3n) is 7.71. The average Bonchev–Trinajstić information content (AvgIpc) is 2.93. The Morgan fingerprint density at radius 2 is 1.74 bits per heavy atom. The maximum atomic E-state index is 14.4. The number of phenolic OH excluding ortho intramolecular Hbond substituents is 1. The number of hydrogen-bond donors (Lipinski definition) is 3. The van der Waals surface area contributed by atoms with Gasteiger partial charge in [-0.2, -0.15) is 11.8 Å². The fourth-order valence-electron chi connectivity index (χ4n) is 5.45. The lowest BCUT2D eigenvalue weighted by molar-refractivity contribution is -0.143. The van der Waals surface area contributed by atoms with Gasteiger partial charge in [-0.25, -0.2) is 4.79 Å². The van der Waals surface area contributed by atoms with E-state index in [2.05, 4.69) is 17.6 Å². The second-order valence-electron chi connectivity index (χ2n) is 12.5. The van der Waals surface area contributed by atoms with Gasteiger partial charge in [-0.15, -0.1) is 0 Å². The van der Waals surface area contributed by atoms with E-state index in [0.29, 0.717) is 29.8 Å². The molecule has 0 aliphatic heterocycles. The Morgan fingerprint density at radius 3 is 2.38 bits per heavy atom. The molecule has 2 atom stereocenters. The summed E-state index contributed by atoms with van der Waals surface area (Å²) in [4.78, 5) is 42.9. The summed E-state index contributed by atoms with van der Waals surface area (Å²) < 4.78 is 5.50. The minimum absolute atomic E-state index is 0.0165. The van der Waals surface area contributed by atoms with Crippen molar-refractivity contribution in [1.29, 1.82) is 0 Å². The Kier molecular flexibility index (Phi) is 15.6. The van der Waals surface area contributed by atoms with Crippen LogP contribution in [0.1, 0.15) is 122 Å². The zero-order valence-electron chi connectivity index (χ0n) is 26.8. The summed E-state index contributed by atoms with van der Waals surface area (Å²) in [6, 6.07) is 3.48. The molecule has 1 aromatic carbocycles. The van der Waals surface area contributed by atoms with Crippen molar-refractivity contribution in [2.45, 2.75) is 135 Å². The number of alkyl carbamates (subject to hydrolysis) is 1. The van der Waals surface area contributed by atoms with E-state index in [1.807, 2.05) is 12.3 Å². The van der Waals surface area contributed by atoms with Gasteiger partial charge in [0.1, 0.15) is 23.4 Å². The predicted octanol–water partition coefficient (Wildman–Crippen LogP) is 7.03. The number of thioether (sulfide) groups is 1. The largest absolute Gasteiger partial charge is 0.507 e. The van der Waals surface area contributed by atoms with E-state index in [0.717, 1.165) is 64.2 Å². The Balaban J connectivity index is 2.48. The molecular weight excluding hydrogens is 550 g/mol. The number of ether oxygens (including phenoxy) is 1. The summed E-state index contributed by atoms with van der Waals surface area (Å²) in [6.07, 6.45) is 12.9. The molecule has 0 bridgehead atoms. The maximum absolute atomic E-state index is 14.4.